The zero-order chi connectivity index (χ0) is 20.7. The molecule has 2 fully saturated rings. The molecule has 1 spiro atoms. The van der Waals surface area contributed by atoms with E-state index in [-0.39, 0.29) is 17.4 Å². The van der Waals surface area contributed by atoms with Gasteiger partial charge in [-0.1, -0.05) is 17.4 Å². The van der Waals surface area contributed by atoms with Crippen LogP contribution in [0.1, 0.15) is 29.8 Å². The Morgan fingerprint density at radius 1 is 1.30 bits per heavy atom. The van der Waals surface area contributed by atoms with Gasteiger partial charge >= 0.3 is 0 Å². The van der Waals surface area contributed by atoms with Crippen LogP contribution in [0.5, 0.6) is 0 Å². The third-order valence-electron chi connectivity index (χ3n) is 6.23. The summed E-state index contributed by atoms with van der Waals surface area (Å²) in [6, 6.07) is 5.90. The first-order chi connectivity index (χ1) is 14.5. The van der Waals surface area contributed by atoms with Gasteiger partial charge in [0.05, 0.1) is 11.0 Å². The Morgan fingerprint density at radius 3 is 2.83 bits per heavy atom. The molecule has 2 saturated heterocycles. The summed E-state index contributed by atoms with van der Waals surface area (Å²) in [7, 11) is 1.83. The van der Waals surface area contributed by atoms with Gasteiger partial charge in [-0.25, -0.2) is 0 Å². The third kappa shape index (κ3) is 3.63. The molecule has 3 aromatic heterocycles. The molecule has 5 heterocycles. The van der Waals surface area contributed by atoms with Gasteiger partial charge in [-0.2, -0.15) is 5.10 Å². The van der Waals surface area contributed by atoms with Gasteiger partial charge in [-0.15, -0.1) is 21.5 Å². The molecule has 5 rings (SSSR count). The number of likely N-dealkylation sites (tertiary alicyclic amines) is 1. The molecular weight excluding hydrogens is 420 g/mol. The molecule has 0 aliphatic carbocycles. The lowest BCUT2D eigenvalue weighted by molar-refractivity contribution is 0.0244. The standard InChI is InChI=1S/C20H24N6O2S2/c1-24-16(9-15(23-24)17-3-2-8-29-17)18(28)25-6-4-20(5-7-25)10-14(27)11-26(12-20)19-22-21-13-30-19/h2-3,8-9,13-14,27H,4-7,10-12H2,1H3. The van der Waals surface area contributed by atoms with Crippen molar-refractivity contribution in [1.29, 1.82) is 0 Å². The second-order valence-electron chi connectivity index (χ2n) is 8.27. The van der Waals surface area contributed by atoms with Gasteiger partial charge in [0.1, 0.15) is 16.9 Å². The highest BCUT2D eigenvalue weighted by atomic mass is 32.1. The van der Waals surface area contributed by atoms with E-state index >= 15 is 0 Å². The quantitative estimate of drug-likeness (QED) is 0.668. The number of piperidine rings is 2. The van der Waals surface area contributed by atoms with Crippen molar-refractivity contribution < 1.29 is 9.90 Å². The van der Waals surface area contributed by atoms with E-state index < -0.39 is 0 Å². The number of hydrogen-bond acceptors (Lipinski definition) is 8. The van der Waals surface area contributed by atoms with E-state index in [0.29, 0.717) is 25.3 Å². The first kappa shape index (κ1) is 19.7. The molecule has 10 heteroatoms. The monoisotopic (exact) mass is 444 g/mol. The van der Waals surface area contributed by atoms with Gasteiger partial charge in [-0.05, 0) is 42.2 Å². The molecule has 1 N–H and O–H groups in total. The second-order valence-corrected chi connectivity index (χ2v) is 10.0. The lowest BCUT2D eigenvalue weighted by Crippen LogP contribution is -2.54. The maximum Gasteiger partial charge on any atom is 0.272 e. The third-order valence-corrected chi connectivity index (χ3v) is 7.87. The zero-order valence-corrected chi connectivity index (χ0v) is 18.4. The predicted molar refractivity (Wildman–Crippen MR) is 117 cm³/mol. The molecule has 8 nitrogen and oxygen atoms in total. The van der Waals surface area contributed by atoms with Crippen molar-refractivity contribution in [2.75, 3.05) is 31.1 Å². The van der Waals surface area contributed by atoms with Crippen molar-refractivity contribution in [2.24, 2.45) is 12.5 Å². The predicted octanol–water partition coefficient (Wildman–Crippen LogP) is 2.49. The highest BCUT2D eigenvalue weighted by Crippen LogP contribution is 2.41. The van der Waals surface area contributed by atoms with Crippen LogP contribution in [-0.2, 0) is 7.05 Å². The normalized spacial score (nSPS) is 21.3. The lowest BCUT2D eigenvalue weighted by Gasteiger charge is -2.49. The molecule has 30 heavy (non-hydrogen) atoms. The zero-order valence-electron chi connectivity index (χ0n) is 16.8. The number of carbonyl (C=O) groups excluding carboxylic acids is 1. The van der Waals surface area contributed by atoms with Gasteiger partial charge in [0.25, 0.3) is 5.91 Å². The topological polar surface area (TPSA) is 87.4 Å². The van der Waals surface area contributed by atoms with Gasteiger partial charge < -0.3 is 14.9 Å². The van der Waals surface area contributed by atoms with Crippen molar-refractivity contribution in [2.45, 2.75) is 25.4 Å². The Hall–Kier alpha value is -2.30. The molecule has 0 bridgehead atoms. The molecule has 1 atom stereocenters. The average molecular weight is 445 g/mol. The summed E-state index contributed by atoms with van der Waals surface area (Å²) in [5.41, 5.74) is 3.19. The van der Waals surface area contributed by atoms with Crippen molar-refractivity contribution in [3.8, 4) is 10.6 Å². The summed E-state index contributed by atoms with van der Waals surface area (Å²) in [5, 5.41) is 26.0. The Morgan fingerprint density at radius 2 is 2.13 bits per heavy atom. The molecule has 0 radical (unpaired) electrons. The molecular formula is C20H24N6O2S2. The number of β-amino-alcohol motifs (C(OH)–C–C–N with tert-alkyl or cyclic N) is 1. The van der Waals surface area contributed by atoms with E-state index in [1.807, 2.05) is 35.5 Å². The largest absolute Gasteiger partial charge is 0.391 e. The number of aromatic nitrogens is 4. The molecule has 2 aliphatic heterocycles. The summed E-state index contributed by atoms with van der Waals surface area (Å²) in [6.07, 6.45) is 2.15. The van der Waals surface area contributed by atoms with E-state index in [1.165, 1.54) is 11.3 Å². The minimum absolute atomic E-state index is 0.00864. The Bertz CT molecular complexity index is 1010. The maximum atomic E-state index is 13.2. The molecule has 158 valence electrons. The maximum absolute atomic E-state index is 13.2. The number of anilines is 1. The summed E-state index contributed by atoms with van der Waals surface area (Å²) < 4.78 is 1.68. The molecule has 1 amide bonds. The van der Waals surface area contributed by atoms with Crippen LogP contribution < -0.4 is 4.90 Å². The second kappa shape index (κ2) is 7.75. The van der Waals surface area contributed by atoms with Crippen LogP contribution in [0.15, 0.2) is 29.1 Å². The van der Waals surface area contributed by atoms with Crippen molar-refractivity contribution in [3.05, 3.63) is 34.8 Å². The number of thiophene rings is 1. The van der Waals surface area contributed by atoms with Gasteiger partial charge in [-0.3, -0.25) is 9.48 Å². The van der Waals surface area contributed by atoms with Gasteiger partial charge in [0.2, 0.25) is 5.13 Å². The van der Waals surface area contributed by atoms with E-state index in [0.717, 1.165) is 41.5 Å². The highest BCUT2D eigenvalue weighted by Gasteiger charge is 2.43. The lowest BCUT2D eigenvalue weighted by atomic mass is 9.71. The average Bonchev–Trinajstić information content (AvgIpc) is 3.49. The number of hydrogen-bond donors (Lipinski definition) is 1. The number of carbonyl (C=O) groups is 1. The van der Waals surface area contributed by atoms with Gasteiger partial charge in [0.15, 0.2) is 0 Å². The molecule has 0 aromatic carbocycles. The van der Waals surface area contributed by atoms with E-state index in [4.69, 9.17) is 0 Å². The molecule has 0 saturated carbocycles. The van der Waals surface area contributed by atoms with E-state index in [2.05, 4.69) is 20.2 Å². The fourth-order valence-corrected chi connectivity index (χ4v) is 5.98. The van der Waals surface area contributed by atoms with Crippen molar-refractivity contribution in [1.82, 2.24) is 24.9 Å². The van der Waals surface area contributed by atoms with E-state index in [9.17, 15) is 9.90 Å². The summed E-state index contributed by atoms with van der Waals surface area (Å²) in [4.78, 5) is 18.3. The van der Waals surface area contributed by atoms with Gasteiger partial charge in [0, 0.05) is 33.2 Å². The first-order valence-corrected chi connectivity index (χ1v) is 11.9. The summed E-state index contributed by atoms with van der Waals surface area (Å²) in [6.45, 7) is 2.83. The molecule has 2 aliphatic rings. The van der Waals surface area contributed by atoms with Crippen LogP contribution in [0.25, 0.3) is 10.6 Å². The Kier molecular flexibility index (Phi) is 5.08. The molecule has 3 aromatic rings. The minimum atomic E-state index is -0.379. The van der Waals surface area contributed by atoms with Crippen molar-refractivity contribution >= 4 is 33.7 Å². The number of aliphatic hydroxyl groups excluding tert-OH is 1. The fraction of sp³-hybridized carbons (Fsp3) is 0.500. The van der Waals surface area contributed by atoms with Crippen LogP contribution in [0.3, 0.4) is 0 Å². The summed E-state index contributed by atoms with van der Waals surface area (Å²) in [5.74, 6) is 0.0278. The number of aliphatic hydroxyl groups is 1. The molecule has 1 unspecified atom stereocenters. The fourth-order valence-electron chi connectivity index (χ4n) is 4.72. The number of amides is 1. The van der Waals surface area contributed by atoms with Crippen LogP contribution >= 0.6 is 22.7 Å². The number of nitrogens with zero attached hydrogens (tertiary/aromatic N) is 6. The van der Waals surface area contributed by atoms with Crippen LogP contribution in [0.2, 0.25) is 0 Å². The van der Waals surface area contributed by atoms with Crippen molar-refractivity contribution in [3.63, 3.8) is 0 Å². The van der Waals surface area contributed by atoms with Crippen LogP contribution in [-0.4, -0.2) is 68.2 Å². The number of aryl methyl sites for hydroxylation is 1. The van der Waals surface area contributed by atoms with E-state index in [1.54, 1.807) is 21.5 Å². The van der Waals surface area contributed by atoms with Crippen LogP contribution in [0.4, 0.5) is 5.13 Å². The Balaban J connectivity index is 1.28. The SMILES string of the molecule is Cn1nc(-c2cccs2)cc1C(=O)N1CCC2(CC1)CC(O)CN(c1nncs1)C2. The van der Waals surface area contributed by atoms with Crippen LogP contribution in [0, 0.1) is 5.41 Å². The Labute approximate surface area is 182 Å². The minimum Gasteiger partial charge on any atom is -0.391 e. The highest BCUT2D eigenvalue weighted by molar-refractivity contribution is 7.13. The smallest absolute Gasteiger partial charge is 0.272 e. The summed E-state index contributed by atoms with van der Waals surface area (Å²) >= 11 is 3.12. The first-order valence-electron chi connectivity index (χ1n) is 10.1. The number of rotatable bonds is 3.